The standard InChI is InChI=1S/C17H15N3O2S/c1-2-22-13-9-7-12(8-10-13)11-18-20-16(21)14-5-3-4-6-15(14)19-17(20)23/h3-11H,2H2,1H3,(H,19,23)/b18-11-. The molecule has 6 heteroatoms. The van der Waals surface area contributed by atoms with E-state index in [1.165, 1.54) is 4.68 Å². The molecule has 5 nitrogen and oxygen atoms in total. The lowest BCUT2D eigenvalue weighted by Gasteiger charge is -2.03. The highest BCUT2D eigenvalue weighted by Gasteiger charge is 2.03. The lowest BCUT2D eigenvalue weighted by molar-refractivity contribution is 0.340. The molecule has 0 aliphatic rings. The third-order valence-electron chi connectivity index (χ3n) is 3.30. The van der Waals surface area contributed by atoms with Crippen molar-refractivity contribution in [3.05, 3.63) is 69.2 Å². The summed E-state index contributed by atoms with van der Waals surface area (Å²) in [7, 11) is 0. The summed E-state index contributed by atoms with van der Waals surface area (Å²) in [6, 6.07) is 14.7. The Balaban J connectivity index is 1.97. The zero-order valence-corrected chi connectivity index (χ0v) is 13.3. The van der Waals surface area contributed by atoms with Crippen molar-refractivity contribution in [2.24, 2.45) is 5.10 Å². The van der Waals surface area contributed by atoms with Gasteiger partial charge in [-0.05, 0) is 61.1 Å². The van der Waals surface area contributed by atoms with E-state index in [-0.39, 0.29) is 10.3 Å². The van der Waals surface area contributed by atoms with Gasteiger partial charge in [0.2, 0.25) is 4.77 Å². The van der Waals surface area contributed by atoms with E-state index in [2.05, 4.69) is 10.1 Å². The van der Waals surface area contributed by atoms with Gasteiger partial charge < -0.3 is 9.72 Å². The van der Waals surface area contributed by atoms with Crippen molar-refractivity contribution in [1.29, 1.82) is 0 Å². The monoisotopic (exact) mass is 325 g/mol. The van der Waals surface area contributed by atoms with Crippen LogP contribution < -0.4 is 10.3 Å². The number of benzene rings is 2. The Morgan fingerprint density at radius 2 is 1.96 bits per heavy atom. The summed E-state index contributed by atoms with van der Waals surface area (Å²) < 4.78 is 6.84. The molecule has 2 aromatic carbocycles. The average Bonchev–Trinajstić information content (AvgIpc) is 2.56. The molecule has 0 radical (unpaired) electrons. The van der Waals surface area contributed by atoms with Gasteiger partial charge in [0.25, 0.3) is 5.56 Å². The zero-order chi connectivity index (χ0) is 16.2. The Bertz CT molecular complexity index is 972. The van der Waals surface area contributed by atoms with Gasteiger partial charge in [0.1, 0.15) is 5.75 Å². The predicted octanol–water partition coefficient (Wildman–Crippen LogP) is 3.34. The number of H-pyrrole nitrogens is 1. The lowest BCUT2D eigenvalue weighted by atomic mass is 10.2. The predicted molar refractivity (Wildman–Crippen MR) is 94.0 cm³/mol. The Morgan fingerprint density at radius 3 is 2.70 bits per heavy atom. The molecule has 0 aliphatic heterocycles. The first kappa shape index (κ1) is 15.2. The van der Waals surface area contributed by atoms with Gasteiger partial charge in [-0.3, -0.25) is 4.79 Å². The van der Waals surface area contributed by atoms with Crippen LogP contribution in [0.2, 0.25) is 0 Å². The second-order valence-electron chi connectivity index (χ2n) is 4.84. The molecular formula is C17H15N3O2S. The van der Waals surface area contributed by atoms with Crippen molar-refractivity contribution < 1.29 is 4.74 Å². The minimum atomic E-state index is -0.244. The molecule has 0 saturated carbocycles. The van der Waals surface area contributed by atoms with E-state index in [0.29, 0.717) is 17.5 Å². The number of rotatable bonds is 4. The van der Waals surface area contributed by atoms with Crippen LogP contribution in [0, 0.1) is 4.77 Å². The van der Waals surface area contributed by atoms with Gasteiger partial charge in [0, 0.05) is 0 Å². The van der Waals surface area contributed by atoms with Crippen molar-refractivity contribution in [2.45, 2.75) is 6.92 Å². The number of fused-ring (bicyclic) bond motifs is 1. The van der Waals surface area contributed by atoms with Crippen molar-refractivity contribution in [1.82, 2.24) is 9.66 Å². The Kier molecular flexibility index (Phi) is 4.34. The topological polar surface area (TPSA) is 59.4 Å². The molecule has 0 spiro atoms. The van der Waals surface area contributed by atoms with E-state index >= 15 is 0 Å². The van der Waals surface area contributed by atoms with E-state index in [0.717, 1.165) is 11.3 Å². The smallest absolute Gasteiger partial charge is 0.282 e. The third-order valence-corrected chi connectivity index (χ3v) is 3.57. The highest BCUT2D eigenvalue weighted by Crippen LogP contribution is 2.11. The second-order valence-corrected chi connectivity index (χ2v) is 5.23. The quantitative estimate of drug-likeness (QED) is 0.591. The number of nitrogens with one attached hydrogen (secondary N) is 1. The van der Waals surface area contributed by atoms with Crippen LogP contribution in [0.25, 0.3) is 10.9 Å². The van der Waals surface area contributed by atoms with Gasteiger partial charge in [-0.15, -0.1) is 0 Å². The first-order valence-corrected chi connectivity index (χ1v) is 7.61. The molecule has 0 amide bonds. The van der Waals surface area contributed by atoms with E-state index in [9.17, 15) is 4.79 Å². The molecule has 0 fully saturated rings. The number of aromatic amines is 1. The van der Waals surface area contributed by atoms with Crippen LogP contribution in [0.4, 0.5) is 0 Å². The maximum Gasteiger partial charge on any atom is 0.282 e. The van der Waals surface area contributed by atoms with E-state index in [1.807, 2.05) is 43.3 Å². The van der Waals surface area contributed by atoms with E-state index < -0.39 is 0 Å². The maximum atomic E-state index is 12.5. The summed E-state index contributed by atoms with van der Waals surface area (Å²) in [5.74, 6) is 0.796. The number of hydrogen-bond acceptors (Lipinski definition) is 4. The number of para-hydroxylation sites is 1. The van der Waals surface area contributed by atoms with E-state index in [4.69, 9.17) is 17.0 Å². The minimum absolute atomic E-state index is 0.244. The Labute approximate surface area is 137 Å². The van der Waals surface area contributed by atoms with Crippen LogP contribution in [-0.2, 0) is 0 Å². The van der Waals surface area contributed by atoms with Crippen LogP contribution >= 0.6 is 12.2 Å². The number of aromatic nitrogens is 2. The average molecular weight is 325 g/mol. The molecule has 0 unspecified atom stereocenters. The molecule has 3 aromatic rings. The highest BCUT2D eigenvalue weighted by molar-refractivity contribution is 7.71. The normalized spacial score (nSPS) is 11.2. The highest BCUT2D eigenvalue weighted by atomic mass is 32.1. The van der Waals surface area contributed by atoms with Gasteiger partial charge in [-0.1, -0.05) is 12.1 Å². The molecule has 1 aromatic heterocycles. The minimum Gasteiger partial charge on any atom is -0.494 e. The van der Waals surface area contributed by atoms with Crippen LogP contribution in [-0.4, -0.2) is 22.5 Å². The van der Waals surface area contributed by atoms with Gasteiger partial charge in [0.05, 0.1) is 23.7 Å². The Hall–Kier alpha value is -2.73. The van der Waals surface area contributed by atoms with Crippen molar-refractivity contribution >= 4 is 29.3 Å². The van der Waals surface area contributed by atoms with Gasteiger partial charge >= 0.3 is 0 Å². The molecule has 3 rings (SSSR count). The van der Waals surface area contributed by atoms with Crippen LogP contribution in [0.1, 0.15) is 12.5 Å². The van der Waals surface area contributed by atoms with Gasteiger partial charge in [-0.25, -0.2) is 0 Å². The molecule has 1 N–H and O–H groups in total. The third kappa shape index (κ3) is 3.22. The summed E-state index contributed by atoms with van der Waals surface area (Å²) in [5, 5.41) is 4.75. The first-order valence-electron chi connectivity index (χ1n) is 7.20. The molecule has 0 aliphatic carbocycles. The fourth-order valence-electron chi connectivity index (χ4n) is 2.20. The Morgan fingerprint density at radius 1 is 1.22 bits per heavy atom. The SMILES string of the molecule is CCOc1ccc(/C=N\n2c(=S)[nH]c3ccccc3c2=O)cc1. The maximum absolute atomic E-state index is 12.5. The molecule has 0 atom stereocenters. The van der Waals surface area contributed by atoms with Crippen molar-refractivity contribution in [3.63, 3.8) is 0 Å². The van der Waals surface area contributed by atoms with E-state index in [1.54, 1.807) is 18.3 Å². The zero-order valence-electron chi connectivity index (χ0n) is 12.5. The van der Waals surface area contributed by atoms with Gasteiger partial charge in [0.15, 0.2) is 0 Å². The molecule has 0 saturated heterocycles. The summed E-state index contributed by atoms with van der Waals surface area (Å²) in [4.78, 5) is 15.5. The van der Waals surface area contributed by atoms with Gasteiger partial charge in [-0.2, -0.15) is 9.78 Å². The first-order chi connectivity index (χ1) is 11.2. The lowest BCUT2D eigenvalue weighted by Crippen LogP contribution is -2.18. The summed E-state index contributed by atoms with van der Waals surface area (Å²) in [6.45, 7) is 2.55. The molecule has 0 bridgehead atoms. The summed E-state index contributed by atoms with van der Waals surface area (Å²) >= 11 is 5.21. The molecule has 1 heterocycles. The number of ether oxygens (including phenoxy) is 1. The van der Waals surface area contributed by atoms with Crippen LogP contribution in [0.15, 0.2) is 58.4 Å². The number of nitrogens with zero attached hydrogens (tertiary/aromatic N) is 2. The molecular weight excluding hydrogens is 310 g/mol. The summed E-state index contributed by atoms with van der Waals surface area (Å²) in [6.07, 6.45) is 1.59. The fraction of sp³-hybridized carbons (Fsp3) is 0.118. The molecule has 23 heavy (non-hydrogen) atoms. The fourth-order valence-corrected chi connectivity index (χ4v) is 2.44. The largest absolute Gasteiger partial charge is 0.494 e. The second kappa shape index (κ2) is 6.58. The van der Waals surface area contributed by atoms with Crippen LogP contribution in [0.3, 0.4) is 0 Å². The van der Waals surface area contributed by atoms with Crippen molar-refractivity contribution in [2.75, 3.05) is 6.61 Å². The number of hydrogen-bond donors (Lipinski definition) is 1. The molecule has 116 valence electrons. The van der Waals surface area contributed by atoms with Crippen LogP contribution in [0.5, 0.6) is 5.75 Å². The van der Waals surface area contributed by atoms with Crippen molar-refractivity contribution in [3.8, 4) is 5.75 Å². The summed E-state index contributed by atoms with van der Waals surface area (Å²) in [5.41, 5.74) is 1.31.